The summed E-state index contributed by atoms with van der Waals surface area (Å²) in [5.74, 6) is 0.0845. The molecule has 144 valence electrons. The highest BCUT2D eigenvalue weighted by atomic mass is 32.2. The monoisotopic (exact) mass is 387 g/mol. The molecule has 8 heteroatoms. The molecule has 1 amide bonds. The van der Waals surface area contributed by atoms with Crippen molar-refractivity contribution in [3.63, 3.8) is 0 Å². The molecule has 27 heavy (non-hydrogen) atoms. The van der Waals surface area contributed by atoms with E-state index < -0.39 is 0 Å². The van der Waals surface area contributed by atoms with Crippen LogP contribution in [0.5, 0.6) is 0 Å². The van der Waals surface area contributed by atoms with E-state index in [-0.39, 0.29) is 11.2 Å². The van der Waals surface area contributed by atoms with E-state index in [9.17, 15) is 4.79 Å². The minimum absolute atomic E-state index is 0.0845. The fourth-order valence-corrected chi connectivity index (χ4v) is 3.65. The van der Waals surface area contributed by atoms with Crippen LogP contribution in [-0.2, 0) is 11.3 Å². The zero-order valence-corrected chi connectivity index (χ0v) is 16.7. The molecule has 0 aliphatic carbocycles. The molecule has 0 aliphatic heterocycles. The number of rotatable bonds is 9. The molecule has 0 aliphatic rings. The summed E-state index contributed by atoms with van der Waals surface area (Å²) < 4.78 is 5.79. The van der Waals surface area contributed by atoms with Gasteiger partial charge in [-0.25, -0.2) is 9.97 Å². The van der Waals surface area contributed by atoms with Crippen molar-refractivity contribution in [1.29, 1.82) is 0 Å². The van der Waals surface area contributed by atoms with E-state index in [4.69, 9.17) is 4.42 Å². The van der Waals surface area contributed by atoms with Crippen molar-refractivity contribution in [2.45, 2.75) is 30.4 Å². The maximum atomic E-state index is 13.2. The fourth-order valence-electron chi connectivity index (χ4n) is 2.70. The lowest BCUT2D eigenvalue weighted by molar-refractivity contribution is -0.131. The number of imidazole rings is 1. The van der Waals surface area contributed by atoms with Crippen LogP contribution in [0.25, 0.3) is 11.1 Å². The molecule has 1 N–H and O–H groups in total. The van der Waals surface area contributed by atoms with Crippen molar-refractivity contribution in [2.24, 2.45) is 0 Å². The topological polar surface area (TPSA) is 78.3 Å². The third-order valence-electron chi connectivity index (χ3n) is 4.21. The molecule has 2 heterocycles. The summed E-state index contributed by atoms with van der Waals surface area (Å²) in [5, 5.41) is 0.286. The first-order valence-corrected chi connectivity index (χ1v) is 9.87. The van der Waals surface area contributed by atoms with Gasteiger partial charge < -0.3 is 19.2 Å². The molecule has 0 fully saturated rings. The highest BCUT2D eigenvalue weighted by Crippen LogP contribution is 2.29. The minimum Gasteiger partial charge on any atom is -0.431 e. The first kappa shape index (κ1) is 19.4. The fraction of sp³-hybridized carbons (Fsp3) is 0.421. The van der Waals surface area contributed by atoms with Gasteiger partial charge in [0, 0.05) is 19.3 Å². The Morgan fingerprint density at radius 2 is 2.11 bits per heavy atom. The summed E-state index contributed by atoms with van der Waals surface area (Å²) in [6.07, 6.45) is 4.09. The van der Waals surface area contributed by atoms with Crippen LogP contribution in [0.1, 0.15) is 19.0 Å². The number of likely N-dealkylation sites (N-methyl/N-ethyl adjacent to an activating group) is 1. The van der Waals surface area contributed by atoms with E-state index in [0.717, 1.165) is 23.3 Å². The highest BCUT2D eigenvalue weighted by Gasteiger charge is 2.26. The number of H-pyrrole nitrogens is 1. The van der Waals surface area contributed by atoms with Crippen molar-refractivity contribution in [2.75, 3.05) is 27.2 Å². The Bertz CT molecular complexity index is 829. The molecule has 3 aromatic rings. The standard InChI is InChI=1S/C19H25N5O2S/c1-4-17(27-19-22-15-7-5-6-8-16(15)26-19)18(25)24(10-9-23(2)3)12-14-11-20-13-21-14/h5-8,11,13,17H,4,9-10,12H2,1-3H3,(H,20,21). The molecular formula is C19H25N5O2S. The maximum Gasteiger partial charge on any atom is 0.257 e. The summed E-state index contributed by atoms with van der Waals surface area (Å²) in [7, 11) is 4.01. The van der Waals surface area contributed by atoms with E-state index in [2.05, 4.69) is 19.9 Å². The third-order valence-corrected chi connectivity index (χ3v) is 5.40. The van der Waals surface area contributed by atoms with E-state index in [1.165, 1.54) is 11.8 Å². The number of fused-ring (bicyclic) bond motifs is 1. The van der Waals surface area contributed by atoms with Gasteiger partial charge in [-0.05, 0) is 32.6 Å². The van der Waals surface area contributed by atoms with Crippen molar-refractivity contribution >= 4 is 28.8 Å². The van der Waals surface area contributed by atoms with Gasteiger partial charge in [0.25, 0.3) is 5.22 Å². The Hall–Kier alpha value is -2.32. The Labute approximate surface area is 163 Å². The first-order chi connectivity index (χ1) is 13.1. The Morgan fingerprint density at radius 1 is 1.30 bits per heavy atom. The van der Waals surface area contributed by atoms with Gasteiger partial charge in [-0.3, -0.25) is 4.79 Å². The zero-order valence-electron chi connectivity index (χ0n) is 15.9. The number of aromatic amines is 1. The summed E-state index contributed by atoms with van der Waals surface area (Å²) in [6.45, 7) is 3.97. The van der Waals surface area contributed by atoms with Gasteiger partial charge in [0.15, 0.2) is 5.58 Å². The predicted octanol–water partition coefficient (Wildman–Crippen LogP) is 3.01. The van der Waals surface area contributed by atoms with E-state index >= 15 is 0 Å². The van der Waals surface area contributed by atoms with Gasteiger partial charge in [-0.1, -0.05) is 30.8 Å². The Kier molecular flexibility index (Phi) is 6.52. The molecular weight excluding hydrogens is 362 g/mol. The zero-order chi connectivity index (χ0) is 19.2. The molecule has 0 spiro atoms. The second-order valence-corrected chi connectivity index (χ2v) is 7.76. The molecule has 1 atom stereocenters. The molecule has 0 bridgehead atoms. The number of thioether (sulfide) groups is 1. The van der Waals surface area contributed by atoms with Crippen LogP contribution in [0.15, 0.2) is 46.4 Å². The van der Waals surface area contributed by atoms with Crippen LogP contribution < -0.4 is 0 Å². The number of benzene rings is 1. The lowest BCUT2D eigenvalue weighted by Gasteiger charge is -2.27. The van der Waals surface area contributed by atoms with Gasteiger partial charge in [-0.2, -0.15) is 0 Å². The quantitative estimate of drug-likeness (QED) is 0.569. The number of hydrogen-bond acceptors (Lipinski definition) is 6. The lowest BCUT2D eigenvalue weighted by atomic mass is 10.2. The average Bonchev–Trinajstić information content (AvgIpc) is 3.31. The number of nitrogens with one attached hydrogen (secondary N) is 1. The molecule has 0 radical (unpaired) electrons. The van der Waals surface area contributed by atoms with Gasteiger partial charge in [0.1, 0.15) is 5.52 Å². The first-order valence-electron chi connectivity index (χ1n) is 8.99. The molecule has 1 aromatic carbocycles. The SMILES string of the molecule is CCC(Sc1nc2ccccc2o1)C(=O)N(CCN(C)C)Cc1cnc[nH]1. The summed E-state index contributed by atoms with van der Waals surface area (Å²) in [4.78, 5) is 28.8. The van der Waals surface area contributed by atoms with Crippen molar-refractivity contribution in [3.05, 3.63) is 42.5 Å². The molecule has 7 nitrogen and oxygen atoms in total. The van der Waals surface area contributed by atoms with Crippen LogP contribution in [-0.4, -0.2) is 63.1 Å². The van der Waals surface area contributed by atoms with Crippen LogP contribution in [0.4, 0.5) is 0 Å². The maximum absolute atomic E-state index is 13.2. The van der Waals surface area contributed by atoms with Crippen molar-refractivity contribution in [1.82, 2.24) is 24.8 Å². The van der Waals surface area contributed by atoms with Crippen LogP contribution in [0, 0.1) is 0 Å². The molecule has 1 unspecified atom stereocenters. The van der Waals surface area contributed by atoms with Crippen LogP contribution in [0.3, 0.4) is 0 Å². The number of carbonyl (C=O) groups excluding carboxylic acids is 1. The van der Waals surface area contributed by atoms with E-state index in [0.29, 0.717) is 24.7 Å². The van der Waals surface area contributed by atoms with E-state index in [1.807, 2.05) is 50.2 Å². The second-order valence-electron chi connectivity index (χ2n) is 6.60. The lowest BCUT2D eigenvalue weighted by Crippen LogP contribution is -2.41. The Morgan fingerprint density at radius 3 is 2.78 bits per heavy atom. The average molecular weight is 388 g/mol. The minimum atomic E-state index is -0.247. The van der Waals surface area contributed by atoms with Crippen molar-refractivity contribution in [3.8, 4) is 0 Å². The predicted molar refractivity (Wildman–Crippen MR) is 107 cm³/mol. The number of nitrogens with zero attached hydrogens (tertiary/aromatic N) is 4. The number of hydrogen-bond donors (Lipinski definition) is 1. The largest absolute Gasteiger partial charge is 0.431 e. The van der Waals surface area contributed by atoms with Gasteiger partial charge in [-0.15, -0.1) is 0 Å². The normalized spacial score (nSPS) is 12.6. The Balaban J connectivity index is 1.74. The summed E-state index contributed by atoms with van der Waals surface area (Å²) >= 11 is 1.39. The van der Waals surface area contributed by atoms with Crippen LogP contribution in [0.2, 0.25) is 0 Å². The van der Waals surface area contributed by atoms with Crippen molar-refractivity contribution < 1.29 is 9.21 Å². The number of amides is 1. The number of aromatic nitrogens is 3. The number of oxazole rings is 1. The third kappa shape index (κ3) is 5.11. The second kappa shape index (κ2) is 9.05. The van der Waals surface area contributed by atoms with Gasteiger partial charge >= 0.3 is 0 Å². The smallest absolute Gasteiger partial charge is 0.257 e. The summed E-state index contributed by atoms with van der Waals surface area (Å²) in [5.41, 5.74) is 2.47. The number of carbonyl (C=O) groups is 1. The highest BCUT2D eigenvalue weighted by molar-refractivity contribution is 8.00. The van der Waals surface area contributed by atoms with E-state index in [1.54, 1.807) is 12.5 Å². The summed E-state index contributed by atoms with van der Waals surface area (Å²) in [6, 6.07) is 7.64. The molecule has 0 saturated heterocycles. The van der Waals surface area contributed by atoms with Gasteiger partial charge in [0.05, 0.1) is 23.8 Å². The van der Waals surface area contributed by atoms with Gasteiger partial charge in [0.2, 0.25) is 5.91 Å². The molecule has 2 aromatic heterocycles. The molecule has 0 saturated carbocycles. The van der Waals surface area contributed by atoms with Crippen LogP contribution >= 0.6 is 11.8 Å². The number of para-hydroxylation sites is 2. The molecule has 3 rings (SSSR count).